The first-order chi connectivity index (χ1) is 18.2. The SMILES string of the molecule is CCN(CC)C/C=C\c1cc(F)ccc1S(=O)(=O)Nc1ccc2c3c(cnc2c1C(=O)O)OCC3.O=CO. The Kier molecular flexibility index (Phi) is 9.37. The van der Waals surface area contributed by atoms with Crippen molar-refractivity contribution in [2.24, 2.45) is 0 Å². The summed E-state index contributed by atoms with van der Waals surface area (Å²) in [6.07, 6.45) is 5.39. The lowest BCUT2D eigenvalue weighted by Crippen LogP contribution is -2.22. The van der Waals surface area contributed by atoms with Crippen LogP contribution in [-0.4, -0.2) is 67.2 Å². The van der Waals surface area contributed by atoms with Crippen LogP contribution < -0.4 is 9.46 Å². The number of hydrogen-bond donors (Lipinski definition) is 3. The Balaban J connectivity index is 0.00000127. The monoisotopic (exact) mass is 545 g/mol. The predicted molar refractivity (Wildman–Crippen MR) is 141 cm³/mol. The normalized spacial score (nSPS) is 12.6. The van der Waals surface area contributed by atoms with E-state index in [0.29, 0.717) is 30.7 Å². The fraction of sp³-hybridized carbons (Fsp3) is 0.269. The summed E-state index contributed by atoms with van der Waals surface area (Å²) in [5.74, 6) is -1.31. The Morgan fingerprint density at radius 3 is 2.61 bits per heavy atom. The highest BCUT2D eigenvalue weighted by atomic mass is 32.2. The lowest BCUT2D eigenvalue weighted by Gasteiger charge is -2.16. The molecule has 0 spiro atoms. The van der Waals surface area contributed by atoms with Crippen LogP contribution in [0.3, 0.4) is 0 Å². The third-order valence-corrected chi connectivity index (χ3v) is 7.44. The number of carboxylic acid groups (broad SMARTS) is 2. The minimum atomic E-state index is -4.26. The van der Waals surface area contributed by atoms with Gasteiger partial charge in [0.15, 0.2) is 0 Å². The summed E-state index contributed by atoms with van der Waals surface area (Å²) in [7, 11) is -4.26. The van der Waals surface area contributed by atoms with Gasteiger partial charge in [-0.05, 0) is 42.9 Å². The fourth-order valence-corrected chi connectivity index (χ4v) is 5.41. The van der Waals surface area contributed by atoms with Gasteiger partial charge in [0.25, 0.3) is 16.5 Å². The average molecular weight is 546 g/mol. The smallest absolute Gasteiger partial charge is 0.340 e. The van der Waals surface area contributed by atoms with E-state index >= 15 is 0 Å². The molecule has 0 atom stereocenters. The molecule has 2 heterocycles. The molecule has 1 aliphatic rings. The minimum Gasteiger partial charge on any atom is -0.491 e. The lowest BCUT2D eigenvalue weighted by atomic mass is 10.0. The molecule has 3 N–H and O–H groups in total. The maximum atomic E-state index is 14.0. The molecular weight excluding hydrogens is 517 g/mol. The van der Waals surface area contributed by atoms with Crippen molar-refractivity contribution in [1.29, 1.82) is 0 Å². The molecule has 0 saturated carbocycles. The van der Waals surface area contributed by atoms with Crippen LogP contribution >= 0.6 is 0 Å². The van der Waals surface area contributed by atoms with Crippen molar-refractivity contribution in [2.75, 3.05) is 31.0 Å². The van der Waals surface area contributed by atoms with Gasteiger partial charge in [-0.1, -0.05) is 32.1 Å². The van der Waals surface area contributed by atoms with Crippen LogP contribution in [0.5, 0.6) is 5.75 Å². The predicted octanol–water partition coefficient (Wildman–Crippen LogP) is 3.86. The number of anilines is 1. The van der Waals surface area contributed by atoms with Gasteiger partial charge in [0.05, 0.1) is 28.9 Å². The Labute approximate surface area is 219 Å². The molecule has 0 fully saturated rings. The molecular formula is C26H28FN3O7S. The standard InChI is InChI=1S/C25H26FN3O5S.CH2O2/c1-3-29(4-2)12-5-6-16-14-17(26)7-10-22(16)35(32,33)28-20-9-8-19-18-11-13-34-21(18)15-27-24(19)23(20)25(30)31;2-1-3/h5-10,14-15,28H,3-4,11-13H2,1-2H3,(H,30,31);1H,(H,2,3)/b6-5-;. The van der Waals surface area contributed by atoms with Gasteiger partial charge in [0, 0.05) is 23.9 Å². The summed E-state index contributed by atoms with van der Waals surface area (Å²) < 4.78 is 48.5. The number of sulfonamides is 1. The second-order valence-corrected chi connectivity index (χ2v) is 9.82. The van der Waals surface area contributed by atoms with E-state index in [1.807, 2.05) is 13.8 Å². The number of fused-ring (bicyclic) bond motifs is 3. The van der Waals surface area contributed by atoms with Crippen LogP contribution in [0.25, 0.3) is 17.0 Å². The minimum absolute atomic E-state index is 0.126. The van der Waals surface area contributed by atoms with Gasteiger partial charge >= 0.3 is 5.97 Å². The van der Waals surface area contributed by atoms with Gasteiger partial charge in [0.1, 0.15) is 17.1 Å². The summed E-state index contributed by atoms with van der Waals surface area (Å²) in [5.41, 5.74) is 0.780. The maximum Gasteiger partial charge on any atom is 0.340 e. The van der Waals surface area contributed by atoms with E-state index in [9.17, 15) is 22.7 Å². The highest BCUT2D eigenvalue weighted by Gasteiger charge is 2.26. The molecule has 0 bridgehead atoms. The van der Waals surface area contributed by atoms with E-state index in [0.717, 1.165) is 30.8 Å². The quantitative estimate of drug-likeness (QED) is 0.341. The van der Waals surface area contributed by atoms with E-state index in [2.05, 4.69) is 14.6 Å². The number of benzene rings is 2. The molecule has 3 aromatic rings. The topological polar surface area (TPSA) is 146 Å². The van der Waals surface area contributed by atoms with Gasteiger partial charge in [-0.3, -0.25) is 14.5 Å². The number of aromatic nitrogens is 1. The molecule has 0 amide bonds. The zero-order valence-electron chi connectivity index (χ0n) is 20.8. The van der Waals surface area contributed by atoms with Crippen molar-refractivity contribution in [3.8, 4) is 5.75 Å². The largest absolute Gasteiger partial charge is 0.491 e. The number of nitrogens with one attached hydrogen (secondary N) is 1. The Hall–Kier alpha value is -4.03. The van der Waals surface area contributed by atoms with Gasteiger partial charge in [-0.15, -0.1) is 0 Å². The Bertz CT molecular complexity index is 1470. The van der Waals surface area contributed by atoms with Crippen molar-refractivity contribution in [3.63, 3.8) is 0 Å². The Morgan fingerprint density at radius 2 is 1.95 bits per heavy atom. The number of nitrogens with zero attached hydrogens (tertiary/aromatic N) is 2. The molecule has 4 rings (SSSR count). The first kappa shape index (κ1) is 28.5. The third kappa shape index (κ3) is 6.26. The van der Waals surface area contributed by atoms with Crippen LogP contribution in [0.4, 0.5) is 10.1 Å². The first-order valence-corrected chi connectivity index (χ1v) is 13.2. The number of aromatic carboxylic acids is 1. The number of ether oxygens (including phenoxy) is 1. The molecule has 0 aliphatic carbocycles. The Morgan fingerprint density at radius 1 is 1.24 bits per heavy atom. The molecule has 2 aromatic carbocycles. The van der Waals surface area contributed by atoms with Crippen molar-refractivity contribution in [1.82, 2.24) is 9.88 Å². The molecule has 202 valence electrons. The molecule has 1 aliphatic heterocycles. The molecule has 38 heavy (non-hydrogen) atoms. The molecule has 0 unspecified atom stereocenters. The summed E-state index contributed by atoms with van der Waals surface area (Å²) >= 11 is 0. The molecule has 0 saturated heterocycles. The van der Waals surface area contributed by atoms with Gasteiger partial charge in [-0.25, -0.2) is 17.6 Å². The third-order valence-electron chi connectivity index (χ3n) is 6.00. The number of carbonyl (C=O) groups is 2. The zero-order chi connectivity index (χ0) is 27.9. The molecule has 0 radical (unpaired) electrons. The highest BCUT2D eigenvalue weighted by Crippen LogP contribution is 2.35. The van der Waals surface area contributed by atoms with Crippen molar-refractivity contribution in [3.05, 3.63) is 65.1 Å². The summed E-state index contributed by atoms with van der Waals surface area (Å²) in [5, 5.41) is 17.4. The lowest BCUT2D eigenvalue weighted by molar-refractivity contribution is -0.122. The number of halogens is 1. The van der Waals surface area contributed by atoms with E-state index in [1.54, 1.807) is 18.2 Å². The van der Waals surface area contributed by atoms with Gasteiger partial charge in [0.2, 0.25) is 0 Å². The van der Waals surface area contributed by atoms with Gasteiger partial charge < -0.3 is 19.8 Å². The number of hydrogen-bond acceptors (Lipinski definition) is 7. The maximum absolute atomic E-state index is 14.0. The summed E-state index contributed by atoms with van der Waals surface area (Å²) in [6, 6.07) is 6.40. The summed E-state index contributed by atoms with van der Waals surface area (Å²) in [6.45, 7) is 6.46. The zero-order valence-corrected chi connectivity index (χ0v) is 21.7. The van der Waals surface area contributed by atoms with Crippen LogP contribution in [0, 0.1) is 5.82 Å². The summed E-state index contributed by atoms with van der Waals surface area (Å²) in [4.78, 5) is 26.7. The van der Waals surface area contributed by atoms with E-state index in [1.165, 1.54) is 18.3 Å². The fourth-order valence-electron chi connectivity index (χ4n) is 4.15. The van der Waals surface area contributed by atoms with Gasteiger partial charge in [-0.2, -0.15) is 0 Å². The number of pyridine rings is 1. The number of carboxylic acids is 1. The van der Waals surface area contributed by atoms with E-state index in [4.69, 9.17) is 14.6 Å². The van der Waals surface area contributed by atoms with Crippen LogP contribution in [0.2, 0.25) is 0 Å². The van der Waals surface area contributed by atoms with Crippen LogP contribution in [0.1, 0.15) is 35.3 Å². The highest BCUT2D eigenvalue weighted by molar-refractivity contribution is 7.92. The molecule has 12 heteroatoms. The van der Waals surface area contributed by atoms with Crippen molar-refractivity contribution >= 4 is 45.1 Å². The number of rotatable bonds is 9. The second-order valence-electron chi connectivity index (χ2n) is 8.17. The number of likely N-dealkylation sites (N-methyl/N-ethyl adjacent to an activating group) is 1. The molecule has 1 aromatic heterocycles. The second kappa shape index (κ2) is 12.5. The molecule has 10 nitrogen and oxygen atoms in total. The van der Waals surface area contributed by atoms with Crippen molar-refractivity contribution in [2.45, 2.75) is 25.2 Å². The average Bonchev–Trinajstić information content (AvgIpc) is 3.36. The van der Waals surface area contributed by atoms with E-state index < -0.39 is 21.8 Å². The van der Waals surface area contributed by atoms with Crippen molar-refractivity contribution < 1.29 is 37.3 Å². The van der Waals surface area contributed by atoms with Crippen LogP contribution in [-0.2, 0) is 21.2 Å². The van der Waals surface area contributed by atoms with E-state index in [-0.39, 0.29) is 33.7 Å². The van der Waals surface area contributed by atoms with Crippen LogP contribution in [0.15, 0.2) is 47.5 Å². The first-order valence-electron chi connectivity index (χ1n) is 11.8.